The van der Waals surface area contributed by atoms with Crippen LogP contribution in [0.5, 0.6) is 5.75 Å². The van der Waals surface area contributed by atoms with Gasteiger partial charge in [0.15, 0.2) is 9.84 Å². The van der Waals surface area contributed by atoms with E-state index < -0.39 is 9.84 Å². The quantitative estimate of drug-likeness (QED) is 0.700. The number of methoxy groups -OCH3 is 1. The van der Waals surface area contributed by atoms with E-state index in [1.54, 1.807) is 30.6 Å². The highest BCUT2D eigenvalue weighted by molar-refractivity contribution is 7.90. The average molecular weight is 344 g/mol. The first-order valence-electron chi connectivity index (χ1n) is 7.00. The molecule has 0 saturated heterocycles. The fraction of sp³-hybridized carbons (Fsp3) is 0.111. The van der Waals surface area contributed by atoms with Crippen molar-refractivity contribution in [3.05, 3.63) is 59.3 Å². The molecule has 0 atom stereocenters. The SMILES string of the molecule is COc1ccc(-c2cscc2-c2ccc(S(C)(=O)=O)cc2)cc1. The van der Waals surface area contributed by atoms with Gasteiger partial charge in [-0.3, -0.25) is 0 Å². The summed E-state index contributed by atoms with van der Waals surface area (Å²) in [5.41, 5.74) is 4.34. The van der Waals surface area contributed by atoms with Gasteiger partial charge in [-0.15, -0.1) is 0 Å². The fourth-order valence-electron chi connectivity index (χ4n) is 2.40. The molecule has 0 spiro atoms. The highest BCUT2D eigenvalue weighted by atomic mass is 32.2. The lowest BCUT2D eigenvalue weighted by Gasteiger charge is -2.07. The maximum Gasteiger partial charge on any atom is 0.175 e. The molecule has 0 saturated carbocycles. The lowest BCUT2D eigenvalue weighted by molar-refractivity contribution is 0.415. The molecule has 1 aromatic heterocycles. The predicted octanol–water partition coefficient (Wildman–Crippen LogP) is 4.49. The van der Waals surface area contributed by atoms with Gasteiger partial charge in [0, 0.05) is 17.4 Å². The normalized spacial score (nSPS) is 11.4. The van der Waals surface area contributed by atoms with Gasteiger partial charge in [0.2, 0.25) is 0 Å². The number of hydrogen-bond acceptors (Lipinski definition) is 4. The van der Waals surface area contributed by atoms with Crippen molar-refractivity contribution in [2.24, 2.45) is 0 Å². The van der Waals surface area contributed by atoms with Crippen LogP contribution < -0.4 is 4.74 Å². The Bertz CT molecular complexity index is 906. The van der Waals surface area contributed by atoms with E-state index in [0.717, 1.165) is 28.0 Å². The molecule has 3 rings (SSSR count). The largest absolute Gasteiger partial charge is 0.497 e. The maximum atomic E-state index is 11.6. The first kappa shape index (κ1) is 15.8. The maximum absolute atomic E-state index is 11.6. The molecular weight excluding hydrogens is 328 g/mol. The Morgan fingerprint density at radius 1 is 0.826 bits per heavy atom. The first-order chi connectivity index (χ1) is 11.0. The molecule has 0 amide bonds. The number of benzene rings is 2. The molecule has 3 nitrogen and oxygen atoms in total. The minimum absolute atomic E-state index is 0.336. The summed E-state index contributed by atoms with van der Waals surface area (Å²) >= 11 is 1.63. The van der Waals surface area contributed by atoms with Gasteiger partial charge in [0.1, 0.15) is 5.75 Å². The van der Waals surface area contributed by atoms with E-state index in [0.29, 0.717) is 4.90 Å². The molecule has 118 valence electrons. The molecule has 0 aliphatic heterocycles. The van der Waals surface area contributed by atoms with Crippen LogP contribution in [0.2, 0.25) is 0 Å². The second kappa shape index (κ2) is 6.18. The summed E-state index contributed by atoms with van der Waals surface area (Å²) in [7, 11) is -1.52. The zero-order chi connectivity index (χ0) is 16.4. The minimum atomic E-state index is -3.17. The Balaban J connectivity index is 2.00. The summed E-state index contributed by atoms with van der Waals surface area (Å²) in [6.07, 6.45) is 1.22. The first-order valence-corrected chi connectivity index (χ1v) is 9.83. The Kier molecular flexibility index (Phi) is 4.24. The molecule has 0 aliphatic rings. The second-order valence-corrected chi connectivity index (χ2v) is 7.98. The minimum Gasteiger partial charge on any atom is -0.497 e. The second-order valence-electron chi connectivity index (χ2n) is 5.22. The molecule has 3 aromatic rings. The van der Waals surface area contributed by atoms with Gasteiger partial charge >= 0.3 is 0 Å². The zero-order valence-corrected chi connectivity index (χ0v) is 14.4. The Hall–Kier alpha value is -2.11. The van der Waals surface area contributed by atoms with E-state index >= 15 is 0 Å². The van der Waals surface area contributed by atoms with E-state index in [-0.39, 0.29) is 0 Å². The van der Waals surface area contributed by atoms with Crippen molar-refractivity contribution in [3.8, 4) is 28.0 Å². The van der Waals surface area contributed by atoms with E-state index in [1.165, 1.54) is 6.26 Å². The van der Waals surface area contributed by atoms with Gasteiger partial charge in [-0.1, -0.05) is 24.3 Å². The van der Waals surface area contributed by atoms with Crippen LogP contribution in [0.25, 0.3) is 22.3 Å². The van der Waals surface area contributed by atoms with Crippen LogP contribution in [0.1, 0.15) is 0 Å². The zero-order valence-electron chi connectivity index (χ0n) is 12.8. The van der Waals surface area contributed by atoms with Crippen LogP contribution in [0.3, 0.4) is 0 Å². The number of sulfone groups is 1. The van der Waals surface area contributed by atoms with Crippen LogP contribution in [0.15, 0.2) is 64.2 Å². The van der Waals surface area contributed by atoms with E-state index in [2.05, 4.69) is 10.8 Å². The lowest BCUT2D eigenvalue weighted by Crippen LogP contribution is -1.96. The van der Waals surface area contributed by atoms with Crippen LogP contribution in [0, 0.1) is 0 Å². The summed E-state index contributed by atoms with van der Waals surface area (Å²) in [6, 6.07) is 14.9. The fourth-order valence-corrected chi connectivity index (χ4v) is 3.89. The Morgan fingerprint density at radius 2 is 1.30 bits per heavy atom. The summed E-state index contributed by atoms with van der Waals surface area (Å²) in [6.45, 7) is 0. The Labute approximate surface area is 140 Å². The average Bonchev–Trinajstić information content (AvgIpc) is 3.04. The monoisotopic (exact) mass is 344 g/mol. The van der Waals surface area contributed by atoms with Crippen LogP contribution in [0.4, 0.5) is 0 Å². The topological polar surface area (TPSA) is 43.4 Å². The van der Waals surface area contributed by atoms with E-state index in [1.807, 2.05) is 36.4 Å². The van der Waals surface area contributed by atoms with Crippen molar-refractivity contribution in [2.75, 3.05) is 13.4 Å². The van der Waals surface area contributed by atoms with Crippen molar-refractivity contribution in [2.45, 2.75) is 4.90 Å². The highest BCUT2D eigenvalue weighted by Crippen LogP contribution is 2.36. The van der Waals surface area contributed by atoms with Gasteiger partial charge in [-0.2, -0.15) is 11.3 Å². The summed E-state index contributed by atoms with van der Waals surface area (Å²) in [5.74, 6) is 0.822. The number of thiophene rings is 1. The van der Waals surface area contributed by atoms with Gasteiger partial charge in [0.05, 0.1) is 12.0 Å². The predicted molar refractivity (Wildman–Crippen MR) is 94.9 cm³/mol. The molecule has 0 unspecified atom stereocenters. The van der Waals surface area contributed by atoms with Gasteiger partial charge < -0.3 is 4.74 Å². The Morgan fingerprint density at radius 3 is 1.74 bits per heavy atom. The summed E-state index contributed by atoms with van der Waals surface area (Å²) in [4.78, 5) is 0.336. The molecule has 0 aliphatic carbocycles. The molecule has 5 heteroatoms. The van der Waals surface area contributed by atoms with Gasteiger partial charge in [0.25, 0.3) is 0 Å². The van der Waals surface area contributed by atoms with Gasteiger partial charge in [-0.25, -0.2) is 8.42 Å². The van der Waals surface area contributed by atoms with Crippen molar-refractivity contribution < 1.29 is 13.2 Å². The molecule has 23 heavy (non-hydrogen) atoms. The van der Waals surface area contributed by atoms with E-state index in [9.17, 15) is 8.42 Å². The van der Waals surface area contributed by atoms with Crippen LogP contribution in [-0.4, -0.2) is 21.8 Å². The summed E-state index contributed by atoms with van der Waals surface area (Å²) in [5, 5.41) is 4.18. The number of rotatable bonds is 4. The molecule has 1 heterocycles. The number of ether oxygens (including phenoxy) is 1. The van der Waals surface area contributed by atoms with E-state index in [4.69, 9.17) is 4.74 Å². The molecule has 0 N–H and O–H groups in total. The van der Waals surface area contributed by atoms with Crippen molar-refractivity contribution >= 4 is 21.2 Å². The standard InChI is InChI=1S/C18H16O3S2/c1-21-15-7-3-13(4-8-15)17-11-22-12-18(17)14-5-9-16(10-6-14)23(2,19)20/h3-12H,1-2H3. The summed E-state index contributed by atoms with van der Waals surface area (Å²) < 4.78 is 28.3. The molecule has 0 fully saturated rings. The van der Waals surface area contributed by atoms with Crippen LogP contribution >= 0.6 is 11.3 Å². The molecule has 2 aromatic carbocycles. The van der Waals surface area contributed by atoms with Gasteiger partial charge in [-0.05, 0) is 46.2 Å². The smallest absolute Gasteiger partial charge is 0.175 e. The molecule has 0 radical (unpaired) electrons. The number of hydrogen-bond donors (Lipinski definition) is 0. The van der Waals surface area contributed by atoms with Crippen molar-refractivity contribution in [3.63, 3.8) is 0 Å². The third-order valence-corrected chi connectivity index (χ3v) is 5.53. The van der Waals surface area contributed by atoms with Crippen molar-refractivity contribution in [1.82, 2.24) is 0 Å². The third kappa shape index (κ3) is 3.30. The third-order valence-electron chi connectivity index (χ3n) is 3.66. The van der Waals surface area contributed by atoms with Crippen LogP contribution in [-0.2, 0) is 9.84 Å². The highest BCUT2D eigenvalue weighted by Gasteiger charge is 2.11. The van der Waals surface area contributed by atoms with Crippen molar-refractivity contribution in [1.29, 1.82) is 0 Å². The molecular formula is C18H16O3S2. The molecule has 0 bridgehead atoms. The lowest BCUT2D eigenvalue weighted by atomic mass is 9.99.